The van der Waals surface area contributed by atoms with Gasteiger partial charge in [0.15, 0.2) is 0 Å². The molecule has 0 nitrogen and oxygen atoms in total. The van der Waals surface area contributed by atoms with Gasteiger partial charge in [0.1, 0.15) is 0 Å². The third kappa shape index (κ3) is 2.91. The molecule has 0 saturated heterocycles. The molecule has 0 fully saturated rings. The van der Waals surface area contributed by atoms with E-state index in [0.717, 1.165) is 7.28 Å². The number of hydrogen-bond acceptors (Lipinski definition) is 0. The van der Waals surface area contributed by atoms with Gasteiger partial charge in [0.2, 0.25) is 0 Å². The van der Waals surface area contributed by atoms with Gasteiger partial charge in [-0.05, 0) is 0 Å². The molecular formula is C7H8B2. The quantitative estimate of drug-likeness (QED) is 0.401. The van der Waals surface area contributed by atoms with Crippen LogP contribution in [0, 0.1) is 0 Å². The predicted molar refractivity (Wildman–Crippen MR) is 46.4 cm³/mol. The minimum atomic E-state index is 1.04. The zero-order chi connectivity index (χ0) is 6.36. The first-order chi connectivity index (χ1) is 4.50. The van der Waals surface area contributed by atoms with Gasteiger partial charge in [-0.25, -0.2) is 0 Å². The Kier molecular flexibility index (Phi) is 2.91. The molecule has 2 heteroatoms. The molecule has 0 spiro atoms. The van der Waals surface area contributed by atoms with Crippen molar-refractivity contribution in [3.05, 3.63) is 36.2 Å². The molecular weight excluding hydrogens is 106 g/mol. The van der Waals surface area contributed by atoms with Crippen LogP contribution in [0.15, 0.2) is 36.2 Å². The van der Waals surface area contributed by atoms with Crippen molar-refractivity contribution < 1.29 is 0 Å². The Balaban J connectivity index is 2.60. The first-order valence-electron chi connectivity index (χ1n) is 3.15. The molecule has 0 amide bonds. The number of allylic oxidation sites excluding steroid dienone is 3. The fraction of sp³-hybridized carbons (Fsp3) is 0. The zero-order valence-corrected chi connectivity index (χ0v) is 5.33. The summed E-state index contributed by atoms with van der Waals surface area (Å²) in [5.41, 5.74) is 0. The van der Waals surface area contributed by atoms with Gasteiger partial charge in [-0.1, -0.05) is 0 Å². The van der Waals surface area contributed by atoms with Crippen LogP contribution in [0.5, 0.6) is 0 Å². The summed E-state index contributed by atoms with van der Waals surface area (Å²) in [5, 5.41) is 0. The summed E-state index contributed by atoms with van der Waals surface area (Å²) in [6.07, 6.45) is 6.11. The maximum atomic E-state index is 2.12. The third-order valence-electron chi connectivity index (χ3n) is 1.10. The minimum absolute atomic E-state index is 1.04. The van der Waals surface area contributed by atoms with Crippen molar-refractivity contribution >= 4 is 20.2 Å². The molecule has 0 saturated carbocycles. The predicted octanol–water partition coefficient (Wildman–Crippen LogP) is 0.484. The summed E-state index contributed by atoms with van der Waals surface area (Å²) in [7, 11) is 1.04. The van der Waals surface area contributed by atoms with Crippen LogP contribution in [0.25, 0.3) is 0 Å². The normalized spacial score (nSPS) is 15.1. The van der Waals surface area contributed by atoms with Gasteiger partial charge in [0.05, 0.1) is 0 Å². The molecule has 1 aliphatic heterocycles. The van der Waals surface area contributed by atoms with Crippen LogP contribution < -0.4 is 0 Å². The zero-order valence-electron chi connectivity index (χ0n) is 5.33. The average molecular weight is 114 g/mol. The van der Waals surface area contributed by atoms with Crippen LogP contribution >= 0.6 is 0 Å². The van der Waals surface area contributed by atoms with Crippen LogP contribution in [-0.4, -0.2) is 20.2 Å². The molecule has 0 aromatic heterocycles. The van der Waals surface area contributed by atoms with Crippen molar-refractivity contribution in [3.63, 3.8) is 0 Å². The van der Waals surface area contributed by atoms with Crippen molar-refractivity contribution in [2.75, 3.05) is 0 Å². The van der Waals surface area contributed by atoms with Crippen molar-refractivity contribution in [3.8, 4) is 0 Å². The molecule has 0 aromatic carbocycles. The first kappa shape index (κ1) is 6.34. The molecule has 0 bridgehead atoms. The molecule has 42 valence electrons. The van der Waals surface area contributed by atoms with Crippen molar-refractivity contribution in [1.82, 2.24) is 0 Å². The summed E-state index contributed by atoms with van der Waals surface area (Å²) >= 11 is 0. The Morgan fingerprint density at radius 1 is 1.00 bits per heavy atom. The topological polar surface area (TPSA) is 0 Å². The third-order valence-corrected chi connectivity index (χ3v) is 1.10. The molecule has 1 rings (SSSR count). The van der Waals surface area contributed by atoms with Crippen LogP contribution in [0.3, 0.4) is 0 Å². The van der Waals surface area contributed by atoms with Gasteiger partial charge in [0, 0.05) is 0 Å². The standard InChI is InChI=1S/C7H8B2/c1-2-4-8-6-7-9-5-3-1/h1-8H. The molecule has 0 N–H and O–H groups in total. The monoisotopic (exact) mass is 114 g/mol. The second kappa shape index (κ2) is 4.13. The van der Waals surface area contributed by atoms with E-state index in [4.69, 9.17) is 0 Å². The molecule has 0 radical (unpaired) electrons. The van der Waals surface area contributed by atoms with E-state index in [1.54, 1.807) is 0 Å². The molecule has 0 aliphatic carbocycles. The Morgan fingerprint density at radius 2 is 2.00 bits per heavy atom. The van der Waals surface area contributed by atoms with Gasteiger partial charge in [-0.15, -0.1) is 0 Å². The number of hydrogen-bond donors (Lipinski definition) is 0. The summed E-state index contributed by atoms with van der Waals surface area (Å²) in [5.74, 6) is 8.33. The second-order valence-electron chi connectivity index (χ2n) is 1.86. The Bertz CT molecular complexity index is 155. The van der Waals surface area contributed by atoms with Crippen LogP contribution in [0.4, 0.5) is 0 Å². The van der Waals surface area contributed by atoms with Gasteiger partial charge < -0.3 is 0 Å². The Morgan fingerprint density at radius 3 is 3.00 bits per heavy atom. The average Bonchev–Trinajstić information content (AvgIpc) is 2.00. The maximum absolute atomic E-state index is 2.12. The van der Waals surface area contributed by atoms with Crippen LogP contribution in [0.1, 0.15) is 0 Å². The fourth-order valence-corrected chi connectivity index (χ4v) is 0.649. The molecule has 1 aliphatic rings. The van der Waals surface area contributed by atoms with E-state index in [9.17, 15) is 0 Å². The van der Waals surface area contributed by atoms with Crippen LogP contribution in [0.2, 0.25) is 0 Å². The Labute approximate surface area is 57.1 Å². The van der Waals surface area contributed by atoms with Crippen LogP contribution in [-0.2, 0) is 0 Å². The summed E-state index contributed by atoms with van der Waals surface area (Å²) in [4.78, 5) is 0. The van der Waals surface area contributed by atoms with E-state index in [-0.39, 0.29) is 0 Å². The molecule has 1 heterocycles. The van der Waals surface area contributed by atoms with E-state index in [2.05, 4.69) is 24.0 Å². The molecule has 9 heavy (non-hydrogen) atoms. The van der Waals surface area contributed by atoms with E-state index >= 15 is 0 Å². The summed E-state index contributed by atoms with van der Waals surface area (Å²) < 4.78 is 0. The molecule has 0 atom stereocenters. The fourth-order valence-electron chi connectivity index (χ4n) is 0.649. The van der Waals surface area contributed by atoms with Gasteiger partial charge in [-0.2, -0.15) is 0 Å². The number of rotatable bonds is 0. The Hall–Kier alpha value is -0.780. The second-order valence-corrected chi connectivity index (χ2v) is 1.86. The van der Waals surface area contributed by atoms with E-state index in [1.165, 1.54) is 0 Å². The van der Waals surface area contributed by atoms with Gasteiger partial charge in [0.25, 0.3) is 0 Å². The van der Waals surface area contributed by atoms with E-state index in [0.29, 0.717) is 0 Å². The van der Waals surface area contributed by atoms with E-state index < -0.39 is 0 Å². The summed E-state index contributed by atoms with van der Waals surface area (Å²) in [6.45, 7) is 2.03. The molecule has 0 unspecified atom stereocenters. The summed E-state index contributed by atoms with van der Waals surface area (Å²) in [6, 6.07) is 0. The van der Waals surface area contributed by atoms with Crippen molar-refractivity contribution in [1.29, 1.82) is 0 Å². The van der Waals surface area contributed by atoms with Gasteiger partial charge in [-0.3, -0.25) is 0 Å². The first-order valence-corrected chi connectivity index (χ1v) is 3.15. The van der Waals surface area contributed by atoms with Crippen molar-refractivity contribution in [2.45, 2.75) is 0 Å². The van der Waals surface area contributed by atoms with E-state index in [1.807, 2.05) is 25.0 Å². The van der Waals surface area contributed by atoms with Gasteiger partial charge >= 0.3 is 56.3 Å². The van der Waals surface area contributed by atoms with Crippen molar-refractivity contribution in [2.24, 2.45) is 0 Å². The molecule has 0 aromatic rings. The SMILES string of the molecule is B1=CC=CC=CBC=C1.